The molecule has 1 aliphatic rings. The number of hydrogen-bond donors (Lipinski definition) is 1. The molecule has 1 fully saturated rings. The Morgan fingerprint density at radius 3 is 2.57 bits per heavy atom. The number of nitrogens with one attached hydrogen (secondary N) is 1. The number of alkyl halides is 1. The van der Waals surface area contributed by atoms with Crippen LogP contribution >= 0.6 is 15.9 Å². The lowest BCUT2D eigenvalue weighted by Crippen LogP contribution is -2.43. The van der Waals surface area contributed by atoms with Crippen molar-refractivity contribution < 1.29 is 4.79 Å². The van der Waals surface area contributed by atoms with E-state index in [9.17, 15) is 4.79 Å². The Kier molecular flexibility index (Phi) is 3.99. The number of rotatable bonds is 2. The van der Waals surface area contributed by atoms with Crippen molar-refractivity contribution in [2.75, 3.05) is 5.33 Å². The summed E-state index contributed by atoms with van der Waals surface area (Å²) < 4.78 is 0. The minimum absolute atomic E-state index is 0.176. The number of halogens is 1. The molecule has 1 amide bonds. The SMILES string of the molecule is CC(C)(C)C(=O)NC1CCCC1CBr. The van der Waals surface area contributed by atoms with Crippen molar-refractivity contribution in [3.63, 3.8) is 0 Å². The highest BCUT2D eigenvalue weighted by molar-refractivity contribution is 9.09. The van der Waals surface area contributed by atoms with Crippen molar-refractivity contribution in [2.24, 2.45) is 11.3 Å². The van der Waals surface area contributed by atoms with Gasteiger partial charge in [0.15, 0.2) is 0 Å². The lowest BCUT2D eigenvalue weighted by molar-refractivity contribution is -0.129. The van der Waals surface area contributed by atoms with Crippen LogP contribution in [0.2, 0.25) is 0 Å². The van der Waals surface area contributed by atoms with Crippen molar-refractivity contribution in [3.8, 4) is 0 Å². The molecular weight excluding hydrogens is 242 g/mol. The molecule has 0 spiro atoms. The molecule has 2 unspecified atom stereocenters. The van der Waals surface area contributed by atoms with Gasteiger partial charge < -0.3 is 5.32 Å². The second-order valence-corrected chi connectivity index (χ2v) is 5.82. The Morgan fingerprint density at radius 1 is 1.43 bits per heavy atom. The van der Waals surface area contributed by atoms with Crippen LogP contribution in [-0.4, -0.2) is 17.3 Å². The van der Waals surface area contributed by atoms with Gasteiger partial charge in [-0.1, -0.05) is 43.1 Å². The maximum atomic E-state index is 11.8. The Balaban J connectivity index is 2.48. The summed E-state index contributed by atoms with van der Waals surface area (Å²) in [5.74, 6) is 0.802. The highest BCUT2D eigenvalue weighted by atomic mass is 79.9. The van der Waals surface area contributed by atoms with Crippen LogP contribution in [0.1, 0.15) is 40.0 Å². The number of carbonyl (C=O) groups excluding carboxylic acids is 1. The van der Waals surface area contributed by atoms with Gasteiger partial charge in [-0.2, -0.15) is 0 Å². The molecule has 1 N–H and O–H groups in total. The van der Waals surface area contributed by atoms with Crippen LogP contribution in [-0.2, 0) is 4.79 Å². The molecule has 1 rings (SSSR count). The van der Waals surface area contributed by atoms with Gasteiger partial charge in [0.05, 0.1) is 0 Å². The average Bonchev–Trinajstić information content (AvgIpc) is 2.50. The van der Waals surface area contributed by atoms with Crippen LogP contribution in [0.4, 0.5) is 0 Å². The van der Waals surface area contributed by atoms with Crippen LogP contribution in [0.15, 0.2) is 0 Å². The summed E-state index contributed by atoms with van der Waals surface area (Å²) in [5.41, 5.74) is -0.264. The summed E-state index contributed by atoms with van der Waals surface area (Å²) in [6.45, 7) is 5.88. The van der Waals surface area contributed by atoms with E-state index in [4.69, 9.17) is 0 Å². The second-order valence-electron chi connectivity index (χ2n) is 5.18. The van der Waals surface area contributed by atoms with Gasteiger partial charge in [-0.05, 0) is 18.8 Å². The van der Waals surface area contributed by atoms with E-state index >= 15 is 0 Å². The minimum Gasteiger partial charge on any atom is -0.353 e. The number of carbonyl (C=O) groups is 1. The predicted molar refractivity (Wildman–Crippen MR) is 62.5 cm³/mol. The molecule has 0 aromatic rings. The highest BCUT2D eigenvalue weighted by Crippen LogP contribution is 2.28. The Hall–Kier alpha value is -0.0500. The van der Waals surface area contributed by atoms with E-state index in [1.54, 1.807) is 0 Å². The van der Waals surface area contributed by atoms with Gasteiger partial charge in [-0.3, -0.25) is 4.79 Å². The first-order valence-corrected chi connectivity index (χ1v) is 6.44. The summed E-state index contributed by atoms with van der Waals surface area (Å²) >= 11 is 3.51. The molecular formula is C11H20BrNO. The molecule has 2 atom stereocenters. The summed E-state index contributed by atoms with van der Waals surface area (Å²) in [6.07, 6.45) is 3.61. The fourth-order valence-corrected chi connectivity index (χ4v) is 2.57. The molecule has 0 aromatic carbocycles. The molecule has 0 aliphatic heterocycles. The lowest BCUT2D eigenvalue weighted by Gasteiger charge is -2.24. The third-order valence-corrected chi connectivity index (χ3v) is 3.69. The predicted octanol–water partition coefficient (Wildman–Crippen LogP) is 2.71. The molecule has 1 aliphatic carbocycles. The second kappa shape index (κ2) is 4.65. The van der Waals surface area contributed by atoms with Gasteiger partial charge in [-0.15, -0.1) is 0 Å². The Bertz CT molecular complexity index is 210. The maximum absolute atomic E-state index is 11.8. The number of amides is 1. The maximum Gasteiger partial charge on any atom is 0.225 e. The fourth-order valence-electron chi connectivity index (χ4n) is 1.80. The summed E-state index contributed by atoms with van der Waals surface area (Å²) in [4.78, 5) is 11.8. The van der Waals surface area contributed by atoms with Crippen molar-refractivity contribution in [2.45, 2.75) is 46.1 Å². The zero-order chi connectivity index (χ0) is 10.8. The molecule has 2 nitrogen and oxygen atoms in total. The third-order valence-electron chi connectivity index (χ3n) is 2.85. The molecule has 0 aromatic heterocycles. The molecule has 14 heavy (non-hydrogen) atoms. The topological polar surface area (TPSA) is 29.1 Å². The Morgan fingerprint density at radius 2 is 2.07 bits per heavy atom. The van der Waals surface area contributed by atoms with Crippen LogP contribution in [0.25, 0.3) is 0 Å². The van der Waals surface area contributed by atoms with E-state index in [1.807, 2.05) is 20.8 Å². The van der Waals surface area contributed by atoms with E-state index < -0.39 is 0 Å². The Labute approximate surface area is 95.0 Å². The smallest absolute Gasteiger partial charge is 0.225 e. The van der Waals surface area contributed by atoms with Crippen LogP contribution in [0, 0.1) is 11.3 Å². The molecule has 1 saturated carbocycles. The zero-order valence-corrected chi connectivity index (χ0v) is 10.9. The molecule has 0 saturated heterocycles. The molecule has 82 valence electrons. The van der Waals surface area contributed by atoms with Crippen LogP contribution in [0.3, 0.4) is 0 Å². The van der Waals surface area contributed by atoms with Gasteiger partial charge in [0.1, 0.15) is 0 Å². The lowest BCUT2D eigenvalue weighted by atomic mass is 9.94. The summed E-state index contributed by atoms with van der Waals surface area (Å²) in [7, 11) is 0. The minimum atomic E-state index is -0.264. The summed E-state index contributed by atoms with van der Waals surface area (Å²) in [6, 6.07) is 0.390. The van der Waals surface area contributed by atoms with Gasteiger partial charge >= 0.3 is 0 Å². The van der Waals surface area contributed by atoms with E-state index in [0.29, 0.717) is 12.0 Å². The highest BCUT2D eigenvalue weighted by Gasteiger charge is 2.30. The van der Waals surface area contributed by atoms with Gasteiger partial charge in [0.2, 0.25) is 5.91 Å². The van der Waals surface area contributed by atoms with Gasteiger partial charge in [0.25, 0.3) is 0 Å². The first-order chi connectivity index (χ1) is 6.45. The van der Waals surface area contributed by atoms with E-state index in [1.165, 1.54) is 12.8 Å². The van der Waals surface area contributed by atoms with Crippen molar-refractivity contribution in [1.82, 2.24) is 5.32 Å². The third kappa shape index (κ3) is 2.97. The van der Waals surface area contributed by atoms with Crippen molar-refractivity contribution in [3.05, 3.63) is 0 Å². The largest absolute Gasteiger partial charge is 0.353 e. The van der Waals surface area contributed by atoms with Crippen molar-refractivity contribution in [1.29, 1.82) is 0 Å². The zero-order valence-electron chi connectivity index (χ0n) is 9.27. The van der Waals surface area contributed by atoms with E-state index in [-0.39, 0.29) is 11.3 Å². The van der Waals surface area contributed by atoms with Crippen molar-refractivity contribution >= 4 is 21.8 Å². The first-order valence-electron chi connectivity index (χ1n) is 5.32. The molecule has 0 bridgehead atoms. The van der Waals surface area contributed by atoms with E-state index in [0.717, 1.165) is 11.8 Å². The van der Waals surface area contributed by atoms with Crippen LogP contribution in [0.5, 0.6) is 0 Å². The molecule has 3 heteroatoms. The summed E-state index contributed by atoms with van der Waals surface area (Å²) in [5, 5.41) is 4.15. The monoisotopic (exact) mass is 261 g/mol. The van der Waals surface area contributed by atoms with Gasteiger partial charge in [-0.25, -0.2) is 0 Å². The quantitative estimate of drug-likeness (QED) is 0.762. The standard InChI is InChI=1S/C11H20BrNO/c1-11(2,3)10(14)13-9-6-4-5-8(9)7-12/h8-9H,4-7H2,1-3H3,(H,13,14). The fraction of sp³-hybridized carbons (Fsp3) is 0.909. The number of hydrogen-bond acceptors (Lipinski definition) is 1. The average molecular weight is 262 g/mol. The molecule has 0 radical (unpaired) electrons. The first kappa shape index (κ1) is 12.0. The van der Waals surface area contributed by atoms with E-state index in [2.05, 4.69) is 21.2 Å². The van der Waals surface area contributed by atoms with Gasteiger partial charge in [0, 0.05) is 16.8 Å². The van der Waals surface area contributed by atoms with Crippen LogP contribution < -0.4 is 5.32 Å². The normalized spacial score (nSPS) is 27.7. The molecule has 0 heterocycles.